The highest BCUT2D eigenvalue weighted by Crippen LogP contribution is 2.37. The van der Waals surface area contributed by atoms with Crippen molar-refractivity contribution < 1.29 is 4.43 Å². The van der Waals surface area contributed by atoms with Crippen molar-refractivity contribution in [2.75, 3.05) is 5.88 Å². The van der Waals surface area contributed by atoms with Gasteiger partial charge in [0.25, 0.3) is 0 Å². The minimum atomic E-state index is -1.86. The van der Waals surface area contributed by atoms with E-state index < -0.39 is 8.32 Å². The summed E-state index contributed by atoms with van der Waals surface area (Å²) in [7, 11) is -1.86. The van der Waals surface area contributed by atoms with Crippen LogP contribution in [0, 0.1) is 24.2 Å². The van der Waals surface area contributed by atoms with Crippen molar-refractivity contribution in [2.24, 2.45) is 0 Å². The van der Waals surface area contributed by atoms with Crippen molar-refractivity contribution >= 4 is 19.9 Å². The van der Waals surface area contributed by atoms with Gasteiger partial charge in [0.2, 0.25) is 0 Å². The Morgan fingerprint density at radius 2 is 1.83 bits per heavy atom. The van der Waals surface area contributed by atoms with E-state index in [4.69, 9.17) is 22.5 Å². The molecular formula is C20H27ClOSi. The number of hydrogen-bond acceptors (Lipinski definition) is 1. The first-order valence-corrected chi connectivity index (χ1v) is 11.5. The summed E-state index contributed by atoms with van der Waals surface area (Å²) in [5, 5.41) is 0.157. The molecule has 0 spiro atoms. The highest BCUT2D eigenvalue weighted by molar-refractivity contribution is 6.74. The lowest BCUT2D eigenvalue weighted by Gasteiger charge is -2.38. The molecule has 1 nitrogen and oxygen atoms in total. The maximum atomic E-state index is 6.45. The van der Waals surface area contributed by atoms with Crippen LogP contribution in [0.25, 0.3) is 0 Å². The molecule has 1 aromatic carbocycles. The van der Waals surface area contributed by atoms with E-state index in [2.05, 4.69) is 51.6 Å². The van der Waals surface area contributed by atoms with Gasteiger partial charge in [-0.15, -0.1) is 18.0 Å². The Bertz CT molecular complexity index is 611. The summed E-state index contributed by atoms with van der Waals surface area (Å²) < 4.78 is 6.45. The van der Waals surface area contributed by atoms with Crippen molar-refractivity contribution in [1.82, 2.24) is 0 Å². The van der Waals surface area contributed by atoms with E-state index in [1.54, 1.807) is 0 Å². The van der Waals surface area contributed by atoms with Crippen LogP contribution in [0.5, 0.6) is 0 Å². The molecule has 0 N–H and O–H groups in total. The largest absolute Gasteiger partial charge is 0.403 e. The van der Waals surface area contributed by atoms with Crippen LogP contribution >= 0.6 is 11.6 Å². The molecule has 0 amide bonds. The molecule has 3 heteroatoms. The van der Waals surface area contributed by atoms with Crippen LogP contribution in [-0.4, -0.2) is 20.3 Å². The second kappa shape index (κ2) is 8.60. The lowest BCUT2D eigenvalue weighted by atomic mass is 10.1. The highest BCUT2D eigenvalue weighted by atomic mass is 35.5. The smallest absolute Gasteiger partial charge is 0.193 e. The van der Waals surface area contributed by atoms with Crippen LogP contribution in [0.15, 0.2) is 24.3 Å². The van der Waals surface area contributed by atoms with Gasteiger partial charge in [0.1, 0.15) is 6.10 Å². The molecule has 0 aliphatic rings. The van der Waals surface area contributed by atoms with Crippen LogP contribution < -0.4 is 0 Å². The van der Waals surface area contributed by atoms with Crippen LogP contribution in [0.4, 0.5) is 0 Å². The molecule has 23 heavy (non-hydrogen) atoms. The predicted octanol–water partition coefficient (Wildman–Crippen LogP) is 5.43. The molecule has 124 valence electrons. The van der Waals surface area contributed by atoms with Gasteiger partial charge in [-0.3, -0.25) is 0 Å². The summed E-state index contributed by atoms with van der Waals surface area (Å²) in [5.74, 6) is 9.80. The molecule has 1 unspecified atom stereocenters. The number of alkyl halides is 1. The molecule has 0 saturated carbocycles. The number of rotatable bonds is 5. The van der Waals surface area contributed by atoms with Crippen LogP contribution in [0.2, 0.25) is 18.1 Å². The third-order valence-electron chi connectivity index (χ3n) is 4.29. The van der Waals surface area contributed by atoms with E-state index in [0.717, 1.165) is 24.0 Å². The molecule has 1 rings (SSSR count). The van der Waals surface area contributed by atoms with Crippen molar-refractivity contribution in [3.05, 3.63) is 35.4 Å². The molecule has 0 fully saturated rings. The van der Waals surface area contributed by atoms with E-state index in [9.17, 15) is 0 Å². The Morgan fingerprint density at radius 3 is 2.35 bits per heavy atom. The number of terminal acetylenes is 1. The van der Waals surface area contributed by atoms with E-state index in [0.29, 0.717) is 5.88 Å². The van der Waals surface area contributed by atoms with Crippen LogP contribution in [-0.2, 0) is 4.43 Å². The average molecular weight is 347 g/mol. The fraction of sp³-hybridized carbons (Fsp3) is 0.500. The molecular weight excluding hydrogens is 320 g/mol. The summed E-state index contributed by atoms with van der Waals surface area (Å²) in [6.07, 6.45) is 7.18. The topological polar surface area (TPSA) is 9.23 Å². The van der Waals surface area contributed by atoms with Crippen LogP contribution in [0.1, 0.15) is 44.7 Å². The van der Waals surface area contributed by atoms with E-state index in [1.165, 1.54) is 0 Å². The number of benzene rings is 1. The third-order valence-corrected chi connectivity index (χ3v) is 9.05. The molecule has 0 heterocycles. The van der Waals surface area contributed by atoms with E-state index in [-0.39, 0.29) is 11.1 Å². The Morgan fingerprint density at radius 1 is 1.22 bits per heavy atom. The first kappa shape index (κ1) is 19.9. The standard InChI is InChI=1S/C20H27ClOSi/c1-7-17-11-8-9-12-18(17)14-15-19(13-10-16-21)22-23(5,6)20(2,3)4/h1,8-9,11-12,19H,10,13,16H2,2-6H3. The van der Waals surface area contributed by atoms with Gasteiger partial charge in [0.15, 0.2) is 8.32 Å². The third kappa shape index (κ3) is 6.07. The minimum absolute atomic E-state index is 0.0968. The SMILES string of the molecule is C#Cc1ccccc1C#CC(CCCCl)O[Si](C)(C)C(C)(C)C. The van der Waals surface area contributed by atoms with E-state index in [1.807, 2.05) is 24.3 Å². The normalized spacial score (nSPS) is 12.9. The molecule has 1 atom stereocenters. The summed E-state index contributed by atoms with van der Waals surface area (Å²) in [6, 6.07) is 7.74. The van der Waals surface area contributed by atoms with Crippen molar-refractivity contribution in [3.63, 3.8) is 0 Å². The van der Waals surface area contributed by atoms with Gasteiger partial charge < -0.3 is 4.43 Å². The summed E-state index contributed by atoms with van der Waals surface area (Å²) in [5.41, 5.74) is 1.70. The molecule has 0 aromatic heterocycles. The summed E-state index contributed by atoms with van der Waals surface area (Å²) >= 11 is 5.85. The summed E-state index contributed by atoms with van der Waals surface area (Å²) in [6.45, 7) is 11.2. The second-order valence-corrected chi connectivity index (χ2v) is 12.3. The number of halogens is 1. The lowest BCUT2D eigenvalue weighted by Crippen LogP contribution is -2.43. The first-order chi connectivity index (χ1) is 10.7. The van der Waals surface area contributed by atoms with Gasteiger partial charge in [0, 0.05) is 17.0 Å². The van der Waals surface area contributed by atoms with Gasteiger partial charge >= 0.3 is 0 Å². The molecule has 0 aliphatic carbocycles. The van der Waals surface area contributed by atoms with E-state index >= 15 is 0 Å². The Balaban J connectivity index is 3.01. The zero-order valence-corrected chi connectivity index (χ0v) is 16.6. The Labute approximate surface area is 147 Å². The Hall–Kier alpha value is -1.19. The van der Waals surface area contributed by atoms with Gasteiger partial charge in [0.05, 0.1) is 0 Å². The molecule has 1 aromatic rings. The average Bonchev–Trinajstić information content (AvgIpc) is 2.49. The molecule has 0 radical (unpaired) electrons. The second-order valence-electron chi connectivity index (χ2n) is 7.16. The zero-order chi connectivity index (χ0) is 17.5. The Kier molecular flexibility index (Phi) is 7.42. The molecule has 0 bridgehead atoms. The van der Waals surface area contributed by atoms with Crippen molar-refractivity contribution in [1.29, 1.82) is 0 Å². The monoisotopic (exact) mass is 346 g/mol. The highest BCUT2D eigenvalue weighted by Gasteiger charge is 2.38. The van der Waals surface area contributed by atoms with Gasteiger partial charge in [-0.25, -0.2) is 0 Å². The number of hydrogen-bond donors (Lipinski definition) is 0. The fourth-order valence-electron chi connectivity index (χ4n) is 1.83. The van der Waals surface area contributed by atoms with Gasteiger partial charge in [-0.05, 0) is 43.1 Å². The maximum Gasteiger partial charge on any atom is 0.193 e. The maximum absolute atomic E-state index is 6.45. The predicted molar refractivity (Wildman–Crippen MR) is 103 cm³/mol. The fourth-order valence-corrected chi connectivity index (χ4v) is 3.23. The van der Waals surface area contributed by atoms with Crippen molar-refractivity contribution in [3.8, 4) is 24.2 Å². The summed E-state index contributed by atoms with van der Waals surface area (Å²) in [4.78, 5) is 0. The zero-order valence-electron chi connectivity index (χ0n) is 14.9. The van der Waals surface area contributed by atoms with Crippen molar-refractivity contribution in [2.45, 2.75) is 57.8 Å². The minimum Gasteiger partial charge on any atom is -0.403 e. The lowest BCUT2D eigenvalue weighted by molar-refractivity contribution is 0.223. The van der Waals surface area contributed by atoms with Gasteiger partial charge in [-0.1, -0.05) is 50.7 Å². The molecule has 0 saturated heterocycles. The quantitative estimate of drug-likeness (QED) is 0.392. The first-order valence-electron chi connectivity index (χ1n) is 8.02. The van der Waals surface area contributed by atoms with Crippen LogP contribution in [0.3, 0.4) is 0 Å². The van der Waals surface area contributed by atoms with Gasteiger partial charge in [-0.2, -0.15) is 0 Å². The molecule has 0 aliphatic heterocycles.